The van der Waals surface area contributed by atoms with Crippen LogP contribution in [0.2, 0.25) is 0 Å². The van der Waals surface area contributed by atoms with E-state index in [0.717, 1.165) is 46.7 Å². The molecule has 26 heavy (non-hydrogen) atoms. The average molecular weight is 371 g/mol. The summed E-state index contributed by atoms with van der Waals surface area (Å²) in [6.45, 7) is 6.06. The molecule has 4 rings (SSSR count). The van der Waals surface area contributed by atoms with Gasteiger partial charge >= 0.3 is 0 Å². The highest BCUT2D eigenvalue weighted by atomic mass is 32.1. The molecule has 2 aromatic heterocycles. The van der Waals surface area contributed by atoms with Crippen LogP contribution in [-0.4, -0.2) is 26.3 Å². The summed E-state index contributed by atoms with van der Waals surface area (Å²) < 4.78 is 15.3. The Bertz CT molecular complexity index is 913. The summed E-state index contributed by atoms with van der Waals surface area (Å²) in [5, 5.41) is 10.6. The fraction of sp³-hybridized carbons (Fsp3) is 0.421. The van der Waals surface area contributed by atoms with Gasteiger partial charge in [0.2, 0.25) is 5.13 Å². The van der Waals surface area contributed by atoms with Crippen molar-refractivity contribution in [1.82, 2.24) is 19.7 Å². The number of anilines is 1. The van der Waals surface area contributed by atoms with Gasteiger partial charge in [0.1, 0.15) is 16.6 Å². The lowest BCUT2D eigenvalue weighted by Gasteiger charge is -2.25. The molecule has 0 unspecified atom stereocenters. The Kier molecular flexibility index (Phi) is 4.48. The summed E-state index contributed by atoms with van der Waals surface area (Å²) in [6.07, 6.45) is 1.65. The van der Waals surface area contributed by atoms with Crippen molar-refractivity contribution < 1.29 is 4.39 Å². The summed E-state index contributed by atoms with van der Waals surface area (Å²) in [7, 11) is 2.11. The van der Waals surface area contributed by atoms with Crippen molar-refractivity contribution in [2.75, 3.05) is 11.4 Å². The number of hydrogen-bond donors (Lipinski definition) is 0. The zero-order valence-corrected chi connectivity index (χ0v) is 16.1. The van der Waals surface area contributed by atoms with Crippen LogP contribution in [-0.2, 0) is 26.4 Å². The number of halogens is 1. The molecule has 1 aliphatic heterocycles. The quantitative estimate of drug-likeness (QED) is 0.702. The number of aromatic nitrogens is 4. The van der Waals surface area contributed by atoms with Crippen molar-refractivity contribution in [1.29, 1.82) is 0 Å². The SMILES string of the molecule is CC(C)c1nc2c(n1C)CCN(c1nnc(Cc3ccc(F)cc3)s1)C2. The molecule has 0 atom stereocenters. The van der Waals surface area contributed by atoms with Gasteiger partial charge in [-0.25, -0.2) is 9.37 Å². The zero-order chi connectivity index (χ0) is 18.3. The van der Waals surface area contributed by atoms with Crippen LogP contribution in [0.1, 0.15) is 47.5 Å². The lowest BCUT2D eigenvalue weighted by atomic mass is 10.1. The maximum absolute atomic E-state index is 13.0. The number of benzene rings is 1. The predicted octanol–water partition coefficient (Wildman–Crippen LogP) is 3.69. The van der Waals surface area contributed by atoms with Crippen LogP contribution in [0.3, 0.4) is 0 Å². The molecule has 3 heterocycles. The van der Waals surface area contributed by atoms with Crippen LogP contribution in [0, 0.1) is 5.82 Å². The van der Waals surface area contributed by atoms with Crippen molar-refractivity contribution in [3.63, 3.8) is 0 Å². The number of rotatable bonds is 4. The highest BCUT2D eigenvalue weighted by Crippen LogP contribution is 2.29. The van der Waals surface area contributed by atoms with Crippen molar-refractivity contribution in [3.05, 3.63) is 57.9 Å². The lowest BCUT2D eigenvalue weighted by molar-refractivity contribution is 0.627. The second-order valence-electron chi connectivity index (χ2n) is 7.03. The summed E-state index contributed by atoms with van der Waals surface area (Å²) >= 11 is 1.61. The van der Waals surface area contributed by atoms with Crippen LogP contribution in [0.5, 0.6) is 0 Å². The van der Waals surface area contributed by atoms with Crippen molar-refractivity contribution >= 4 is 16.5 Å². The molecule has 0 spiro atoms. The Labute approximate surface area is 156 Å². The second kappa shape index (κ2) is 6.79. The molecule has 1 aliphatic rings. The van der Waals surface area contributed by atoms with Crippen LogP contribution >= 0.6 is 11.3 Å². The van der Waals surface area contributed by atoms with Gasteiger partial charge in [0.05, 0.1) is 12.2 Å². The third kappa shape index (κ3) is 3.23. The number of fused-ring (bicyclic) bond motifs is 1. The minimum Gasteiger partial charge on any atom is -0.340 e. The van der Waals surface area contributed by atoms with E-state index in [2.05, 4.69) is 40.6 Å². The fourth-order valence-corrected chi connectivity index (χ4v) is 4.35. The molecule has 0 fully saturated rings. The normalized spacial score (nSPS) is 14.1. The Hall–Kier alpha value is -2.28. The molecular formula is C19H22FN5S. The molecule has 0 saturated carbocycles. The van der Waals surface area contributed by atoms with Crippen LogP contribution in [0.15, 0.2) is 24.3 Å². The lowest BCUT2D eigenvalue weighted by Crippen LogP contribution is -2.31. The van der Waals surface area contributed by atoms with Gasteiger partial charge in [0.15, 0.2) is 0 Å². The molecule has 3 aromatic rings. The van der Waals surface area contributed by atoms with Crippen molar-refractivity contribution in [3.8, 4) is 0 Å². The predicted molar refractivity (Wildman–Crippen MR) is 101 cm³/mol. The first-order chi connectivity index (χ1) is 12.5. The van der Waals surface area contributed by atoms with E-state index in [9.17, 15) is 4.39 Å². The van der Waals surface area contributed by atoms with Crippen molar-refractivity contribution in [2.45, 2.75) is 39.2 Å². The molecule has 0 radical (unpaired) electrons. The van der Waals surface area contributed by atoms with Gasteiger partial charge in [-0.3, -0.25) is 0 Å². The van der Waals surface area contributed by atoms with Gasteiger partial charge < -0.3 is 9.47 Å². The average Bonchev–Trinajstić information content (AvgIpc) is 3.21. The summed E-state index contributed by atoms with van der Waals surface area (Å²) in [5.74, 6) is 1.35. The van der Waals surface area contributed by atoms with E-state index >= 15 is 0 Å². The number of imidazole rings is 1. The van der Waals surface area contributed by atoms with Gasteiger partial charge in [0.25, 0.3) is 0 Å². The molecular weight excluding hydrogens is 349 g/mol. The van der Waals surface area contributed by atoms with E-state index in [0.29, 0.717) is 12.3 Å². The minimum absolute atomic E-state index is 0.216. The van der Waals surface area contributed by atoms with E-state index in [1.165, 1.54) is 17.8 Å². The van der Waals surface area contributed by atoms with Gasteiger partial charge in [-0.15, -0.1) is 10.2 Å². The maximum Gasteiger partial charge on any atom is 0.208 e. The monoisotopic (exact) mass is 371 g/mol. The smallest absolute Gasteiger partial charge is 0.208 e. The Morgan fingerprint density at radius 3 is 2.69 bits per heavy atom. The van der Waals surface area contributed by atoms with Crippen LogP contribution in [0.25, 0.3) is 0 Å². The molecule has 1 aromatic carbocycles. The standard InChI is InChI=1S/C19H22FN5S/c1-12(2)18-21-15-11-25(9-8-16(15)24(18)3)19-23-22-17(26-19)10-13-4-6-14(20)7-5-13/h4-7,12H,8-11H2,1-3H3. The Balaban J connectivity index is 1.50. The molecule has 136 valence electrons. The molecule has 0 amide bonds. The molecule has 7 heteroatoms. The van der Waals surface area contributed by atoms with Crippen LogP contribution < -0.4 is 4.90 Å². The number of nitrogens with zero attached hydrogens (tertiary/aromatic N) is 5. The largest absolute Gasteiger partial charge is 0.340 e. The van der Waals surface area contributed by atoms with Crippen molar-refractivity contribution in [2.24, 2.45) is 7.05 Å². The number of hydrogen-bond acceptors (Lipinski definition) is 5. The van der Waals surface area contributed by atoms with Gasteiger partial charge in [-0.05, 0) is 17.7 Å². The van der Waals surface area contributed by atoms with E-state index < -0.39 is 0 Å². The van der Waals surface area contributed by atoms with Gasteiger partial charge in [-0.1, -0.05) is 37.3 Å². The van der Waals surface area contributed by atoms with E-state index in [1.54, 1.807) is 23.5 Å². The first kappa shape index (κ1) is 17.1. The first-order valence-corrected chi connectivity index (χ1v) is 9.69. The Morgan fingerprint density at radius 1 is 1.19 bits per heavy atom. The molecule has 5 nitrogen and oxygen atoms in total. The maximum atomic E-state index is 13.0. The highest BCUT2D eigenvalue weighted by Gasteiger charge is 2.25. The first-order valence-electron chi connectivity index (χ1n) is 8.87. The minimum atomic E-state index is -0.216. The third-order valence-corrected chi connectivity index (χ3v) is 5.79. The molecule has 0 saturated heterocycles. The highest BCUT2D eigenvalue weighted by molar-refractivity contribution is 7.15. The van der Waals surface area contributed by atoms with Gasteiger partial charge in [0, 0.05) is 38.0 Å². The molecule has 0 aliphatic carbocycles. The summed E-state index contributed by atoms with van der Waals surface area (Å²) in [4.78, 5) is 7.11. The van der Waals surface area contributed by atoms with Gasteiger partial charge in [-0.2, -0.15) is 0 Å². The summed E-state index contributed by atoms with van der Waals surface area (Å²) in [6, 6.07) is 6.56. The van der Waals surface area contributed by atoms with Crippen LogP contribution in [0.4, 0.5) is 9.52 Å². The zero-order valence-electron chi connectivity index (χ0n) is 15.2. The fourth-order valence-electron chi connectivity index (χ4n) is 3.45. The Morgan fingerprint density at radius 2 is 1.96 bits per heavy atom. The molecule has 0 bridgehead atoms. The topological polar surface area (TPSA) is 46.8 Å². The van der Waals surface area contributed by atoms with E-state index in [4.69, 9.17) is 4.98 Å². The molecule has 0 N–H and O–H groups in total. The van der Waals surface area contributed by atoms with E-state index in [-0.39, 0.29) is 5.82 Å². The second-order valence-corrected chi connectivity index (χ2v) is 8.07. The summed E-state index contributed by atoms with van der Waals surface area (Å²) in [5.41, 5.74) is 3.53. The van der Waals surface area contributed by atoms with E-state index in [1.807, 2.05) is 0 Å². The third-order valence-electron chi connectivity index (χ3n) is 4.80.